The number of rotatable bonds is 3. The highest BCUT2D eigenvalue weighted by atomic mass is 35.5. The molecule has 2 amide bonds. The summed E-state index contributed by atoms with van der Waals surface area (Å²) in [5.41, 5.74) is 1.02. The van der Waals surface area contributed by atoms with E-state index in [-0.39, 0.29) is 24.4 Å². The van der Waals surface area contributed by atoms with Crippen LogP contribution in [0.3, 0.4) is 0 Å². The molecule has 0 saturated heterocycles. The lowest BCUT2D eigenvalue weighted by molar-refractivity contribution is -0.139. The molecule has 1 aromatic heterocycles. The van der Waals surface area contributed by atoms with Gasteiger partial charge in [0.1, 0.15) is 5.15 Å². The minimum Gasteiger partial charge on any atom is -0.333 e. The molecule has 1 aliphatic heterocycles. The summed E-state index contributed by atoms with van der Waals surface area (Å²) in [4.78, 5) is 26.9. The van der Waals surface area contributed by atoms with E-state index < -0.39 is 0 Å². The van der Waals surface area contributed by atoms with Gasteiger partial charge in [0.05, 0.1) is 12.6 Å². The van der Waals surface area contributed by atoms with Crippen LogP contribution in [0.1, 0.15) is 18.7 Å². The van der Waals surface area contributed by atoms with Crippen LogP contribution in [0.4, 0.5) is 0 Å². The number of amides is 2. The number of halogens is 1. The third-order valence-electron chi connectivity index (χ3n) is 3.66. The number of hydrogen-bond acceptors (Lipinski definition) is 2. The largest absolute Gasteiger partial charge is 0.333 e. The summed E-state index contributed by atoms with van der Waals surface area (Å²) >= 11 is 6.09. The predicted molar refractivity (Wildman–Crippen MR) is 77.4 cm³/mol. The van der Waals surface area contributed by atoms with Crippen molar-refractivity contribution >= 4 is 23.4 Å². The molecule has 108 valence electrons. The third-order valence-corrected chi connectivity index (χ3v) is 3.99. The average molecular weight is 296 g/mol. The third kappa shape index (κ3) is 2.58. The zero-order valence-electron chi connectivity index (χ0n) is 11.7. The number of fused-ring (bicyclic) bond motifs is 1. The number of aromatic nitrogens is 1. The summed E-state index contributed by atoms with van der Waals surface area (Å²) in [6, 6.07) is 3.73. The van der Waals surface area contributed by atoms with Crippen LogP contribution < -0.4 is 0 Å². The maximum atomic E-state index is 12.3. The van der Waals surface area contributed by atoms with Crippen molar-refractivity contribution in [1.82, 2.24) is 14.4 Å². The first kappa shape index (κ1) is 14.7. The van der Waals surface area contributed by atoms with E-state index in [1.165, 1.54) is 11.0 Å². The Morgan fingerprint density at radius 1 is 1.50 bits per heavy atom. The lowest BCUT2D eigenvalue weighted by Gasteiger charge is -2.36. The van der Waals surface area contributed by atoms with Crippen molar-refractivity contribution in [2.75, 3.05) is 20.1 Å². The highest BCUT2D eigenvalue weighted by Gasteiger charge is 2.29. The summed E-state index contributed by atoms with van der Waals surface area (Å²) in [5, 5.41) is 0.693. The van der Waals surface area contributed by atoms with Crippen molar-refractivity contribution < 1.29 is 9.59 Å². The molecule has 0 aliphatic carbocycles. The number of hydrogen-bond donors (Lipinski definition) is 0. The van der Waals surface area contributed by atoms with Crippen molar-refractivity contribution in [3.05, 3.63) is 35.6 Å². The van der Waals surface area contributed by atoms with Gasteiger partial charge in [-0.2, -0.15) is 0 Å². The number of likely N-dealkylation sites (N-methyl/N-ethyl adjacent to an activating group) is 1. The van der Waals surface area contributed by atoms with E-state index in [4.69, 9.17) is 11.6 Å². The van der Waals surface area contributed by atoms with Crippen LogP contribution in [0.2, 0.25) is 5.15 Å². The van der Waals surface area contributed by atoms with E-state index in [0.29, 0.717) is 18.2 Å². The summed E-state index contributed by atoms with van der Waals surface area (Å²) < 4.78 is 2.01. The second-order valence-electron chi connectivity index (χ2n) is 4.89. The fourth-order valence-corrected chi connectivity index (χ4v) is 2.73. The van der Waals surface area contributed by atoms with Crippen molar-refractivity contribution in [1.29, 1.82) is 0 Å². The molecule has 1 aromatic rings. The molecule has 2 rings (SSSR count). The van der Waals surface area contributed by atoms with E-state index >= 15 is 0 Å². The quantitative estimate of drug-likeness (QED) is 0.797. The van der Waals surface area contributed by atoms with Crippen LogP contribution in [0, 0.1) is 0 Å². The van der Waals surface area contributed by atoms with E-state index in [1.54, 1.807) is 11.9 Å². The molecule has 6 heteroatoms. The number of carbonyl (C=O) groups excluding carboxylic acids is 2. The van der Waals surface area contributed by atoms with Crippen LogP contribution in [0.5, 0.6) is 0 Å². The molecule has 0 fully saturated rings. The molecule has 5 nitrogen and oxygen atoms in total. The van der Waals surface area contributed by atoms with Crippen LogP contribution in [0.25, 0.3) is 0 Å². The Hall–Kier alpha value is -1.75. The molecule has 2 heterocycles. The molecule has 0 N–H and O–H groups in total. The molecule has 1 atom stereocenters. The van der Waals surface area contributed by atoms with Crippen molar-refractivity contribution in [3.8, 4) is 0 Å². The Morgan fingerprint density at radius 2 is 2.20 bits per heavy atom. The first-order valence-electron chi connectivity index (χ1n) is 6.47. The van der Waals surface area contributed by atoms with Gasteiger partial charge in [0.25, 0.3) is 0 Å². The van der Waals surface area contributed by atoms with E-state index in [9.17, 15) is 9.59 Å². The minimum absolute atomic E-state index is 0.0454. The molecule has 0 bridgehead atoms. The predicted octanol–water partition coefficient (Wildman–Crippen LogP) is 1.69. The highest BCUT2D eigenvalue weighted by Crippen LogP contribution is 2.29. The first-order valence-corrected chi connectivity index (χ1v) is 6.85. The van der Waals surface area contributed by atoms with Crippen LogP contribution in [0.15, 0.2) is 24.8 Å². The molecular formula is C14H18ClN3O2. The Balaban J connectivity index is 2.09. The summed E-state index contributed by atoms with van der Waals surface area (Å²) in [5.74, 6) is -0.326. The number of carbonyl (C=O) groups is 2. The van der Waals surface area contributed by atoms with Gasteiger partial charge in [0.15, 0.2) is 0 Å². The molecular weight excluding hydrogens is 278 g/mol. The first-order chi connectivity index (χ1) is 9.45. The molecule has 20 heavy (non-hydrogen) atoms. The Bertz CT molecular complexity index is 553. The molecule has 0 aromatic carbocycles. The zero-order valence-corrected chi connectivity index (χ0v) is 12.4. The fourth-order valence-electron chi connectivity index (χ4n) is 2.49. The Labute approximate surface area is 123 Å². The zero-order chi connectivity index (χ0) is 14.9. The maximum Gasteiger partial charge on any atom is 0.246 e. The highest BCUT2D eigenvalue weighted by molar-refractivity contribution is 6.29. The second-order valence-corrected chi connectivity index (χ2v) is 5.28. The molecule has 1 unspecified atom stereocenters. The van der Waals surface area contributed by atoms with Crippen LogP contribution in [-0.4, -0.2) is 46.3 Å². The minimum atomic E-state index is -0.255. The summed E-state index contributed by atoms with van der Waals surface area (Å²) in [6.07, 6.45) is 1.21. The van der Waals surface area contributed by atoms with E-state index in [2.05, 4.69) is 6.58 Å². The van der Waals surface area contributed by atoms with Crippen molar-refractivity contribution in [2.24, 2.45) is 0 Å². The van der Waals surface area contributed by atoms with Gasteiger partial charge in [0.2, 0.25) is 11.8 Å². The van der Waals surface area contributed by atoms with Gasteiger partial charge in [-0.15, -0.1) is 0 Å². The topological polar surface area (TPSA) is 45.6 Å². The maximum absolute atomic E-state index is 12.3. The smallest absolute Gasteiger partial charge is 0.246 e. The van der Waals surface area contributed by atoms with E-state index in [0.717, 1.165) is 5.69 Å². The molecule has 1 aliphatic rings. The number of nitrogens with zero attached hydrogens (tertiary/aromatic N) is 3. The van der Waals surface area contributed by atoms with E-state index in [1.807, 2.05) is 23.6 Å². The van der Waals surface area contributed by atoms with Gasteiger partial charge in [-0.25, -0.2) is 0 Å². The van der Waals surface area contributed by atoms with Gasteiger partial charge < -0.3 is 14.4 Å². The second kappa shape index (κ2) is 5.71. The summed E-state index contributed by atoms with van der Waals surface area (Å²) in [7, 11) is 1.59. The normalized spacial score (nSPS) is 17.6. The Kier molecular flexibility index (Phi) is 4.18. The van der Waals surface area contributed by atoms with Gasteiger partial charge in [-0.05, 0) is 25.1 Å². The Morgan fingerprint density at radius 3 is 2.85 bits per heavy atom. The molecule has 0 spiro atoms. The SMILES string of the molecule is C=CC(=O)N(C)CC(=O)N1CCn2c(Cl)ccc2C1C. The van der Waals surface area contributed by atoms with Crippen LogP contribution in [-0.2, 0) is 16.1 Å². The van der Waals surface area contributed by atoms with Crippen molar-refractivity contribution in [3.63, 3.8) is 0 Å². The van der Waals surface area contributed by atoms with Gasteiger partial charge >= 0.3 is 0 Å². The fraction of sp³-hybridized carbons (Fsp3) is 0.429. The average Bonchev–Trinajstić information content (AvgIpc) is 2.80. The standard InChI is InChI=1S/C14H18ClN3O2/c1-4-13(19)16(3)9-14(20)17-7-8-18-11(10(17)2)5-6-12(18)15/h4-6,10H,1,7-9H2,2-3H3. The molecule has 0 saturated carbocycles. The van der Waals surface area contributed by atoms with Crippen LogP contribution >= 0.6 is 11.6 Å². The summed E-state index contributed by atoms with van der Waals surface area (Å²) in [6.45, 7) is 6.71. The lowest BCUT2D eigenvalue weighted by atomic mass is 10.1. The van der Waals surface area contributed by atoms with Gasteiger partial charge in [0, 0.05) is 25.8 Å². The van der Waals surface area contributed by atoms with Gasteiger partial charge in [-0.3, -0.25) is 9.59 Å². The molecule has 0 radical (unpaired) electrons. The monoisotopic (exact) mass is 295 g/mol. The van der Waals surface area contributed by atoms with Gasteiger partial charge in [-0.1, -0.05) is 18.2 Å². The lowest BCUT2D eigenvalue weighted by Crippen LogP contribution is -2.45. The van der Waals surface area contributed by atoms with Crippen molar-refractivity contribution in [2.45, 2.75) is 19.5 Å².